The van der Waals surface area contributed by atoms with Crippen molar-refractivity contribution in [2.45, 2.75) is 89.8 Å². The summed E-state index contributed by atoms with van der Waals surface area (Å²) in [5.41, 5.74) is 0.719. The van der Waals surface area contributed by atoms with Gasteiger partial charge >= 0.3 is 0 Å². The first kappa shape index (κ1) is 36.9. The van der Waals surface area contributed by atoms with E-state index < -0.39 is 30.3 Å². The average Bonchev–Trinajstić information content (AvgIpc) is 3.57. The number of benzene rings is 1. The number of aliphatic hydroxyl groups excluding tert-OH is 1. The van der Waals surface area contributed by atoms with Gasteiger partial charge in [0.15, 0.2) is 0 Å². The summed E-state index contributed by atoms with van der Waals surface area (Å²) in [6.45, 7) is 8.20. The van der Waals surface area contributed by atoms with Crippen molar-refractivity contribution in [3.05, 3.63) is 54.4 Å². The minimum atomic E-state index is -0.861. The van der Waals surface area contributed by atoms with E-state index in [0.29, 0.717) is 18.9 Å². The molecule has 254 valence electrons. The van der Waals surface area contributed by atoms with Crippen LogP contribution in [0, 0.1) is 11.8 Å². The Kier molecular flexibility index (Phi) is 14.4. The maximum Gasteiger partial charge on any atom is 0.242 e. The minimum Gasteiger partial charge on any atom is -0.386 e. The van der Waals surface area contributed by atoms with Gasteiger partial charge < -0.3 is 35.0 Å². The molecule has 1 saturated heterocycles. The molecule has 8 atom stereocenters. The number of rotatable bonds is 17. The first-order valence-corrected chi connectivity index (χ1v) is 16.2. The van der Waals surface area contributed by atoms with Crippen molar-refractivity contribution >= 4 is 23.7 Å². The number of anilines is 1. The predicted octanol–water partition coefficient (Wildman–Crippen LogP) is 3.05. The first-order valence-electron chi connectivity index (χ1n) is 16.2. The summed E-state index contributed by atoms with van der Waals surface area (Å²) in [5.74, 6) is -0.697. The molecule has 1 fully saturated rings. The number of aliphatic hydroxyl groups is 1. The zero-order valence-corrected chi connectivity index (χ0v) is 28.3. The van der Waals surface area contributed by atoms with Crippen molar-refractivity contribution in [2.75, 3.05) is 39.7 Å². The van der Waals surface area contributed by atoms with Crippen LogP contribution in [-0.2, 0) is 23.9 Å². The van der Waals surface area contributed by atoms with Crippen LogP contribution >= 0.6 is 0 Å². The molecule has 0 aliphatic carbocycles. The van der Waals surface area contributed by atoms with Crippen LogP contribution in [-0.4, -0.2) is 107 Å². The summed E-state index contributed by atoms with van der Waals surface area (Å²) >= 11 is 0. The molecule has 0 unspecified atom stereocenters. The molecular formula is C34H52N6O6. The van der Waals surface area contributed by atoms with Crippen molar-refractivity contribution in [3.8, 4) is 0 Å². The monoisotopic (exact) mass is 640 g/mol. The Bertz CT molecular complexity index is 1240. The van der Waals surface area contributed by atoms with E-state index in [-0.39, 0.29) is 48.7 Å². The van der Waals surface area contributed by atoms with Gasteiger partial charge in [0.25, 0.3) is 0 Å². The van der Waals surface area contributed by atoms with Crippen molar-refractivity contribution in [3.63, 3.8) is 0 Å². The Labute approximate surface area is 273 Å². The van der Waals surface area contributed by atoms with Gasteiger partial charge in [-0.3, -0.25) is 14.4 Å². The highest BCUT2D eigenvalue weighted by atomic mass is 16.5. The van der Waals surface area contributed by atoms with Gasteiger partial charge in [-0.1, -0.05) is 57.5 Å². The maximum absolute atomic E-state index is 13.9. The third kappa shape index (κ3) is 9.46. The van der Waals surface area contributed by atoms with Crippen LogP contribution in [0.2, 0.25) is 0 Å². The lowest BCUT2D eigenvalue weighted by Gasteiger charge is -2.39. The highest BCUT2D eigenvalue weighted by molar-refractivity contribution is 5.82. The van der Waals surface area contributed by atoms with Gasteiger partial charge in [-0.05, 0) is 37.3 Å². The smallest absolute Gasteiger partial charge is 0.242 e. The van der Waals surface area contributed by atoms with E-state index in [9.17, 15) is 19.5 Å². The lowest BCUT2D eigenvalue weighted by molar-refractivity contribution is -0.145. The van der Waals surface area contributed by atoms with Crippen LogP contribution in [0.3, 0.4) is 0 Å². The highest BCUT2D eigenvalue weighted by Gasteiger charge is 2.42. The molecule has 1 aromatic carbocycles. The van der Waals surface area contributed by atoms with Crippen molar-refractivity contribution in [2.24, 2.45) is 11.8 Å². The number of aromatic nitrogens is 2. The zero-order valence-electron chi connectivity index (χ0n) is 28.3. The Morgan fingerprint density at radius 3 is 2.35 bits per heavy atom. The Morgan fingerprint density at radius 1 is 1.07 bits per heavy atom. The number of likely N-dealkylation sites (N-methyl/N-ethyl adjacent to an activating group) is 1. The fourth-order valence-electron chi connectivity index (χ4n) is 6.37. The largest absolute Gasteiger partial charge is 0.386 e. The number of carbonyl (C=O) groups excluding carboxylic acids is 3. The lowest BCUT2D eigenvalue weighted by atomic mass is 9.90. The molecule has 0 radical (unpaired) electrons. The van der Waals surface area contributed by atoms with Crippen molar-refractivity contribution in [1.29, 1.82) is 0 Å². The van der Waals surface area contributed by atoms with E-state index in [1.54, 1.807) is 63.4 Å². The standard InChI is InChI=1S/C34H52N6O6/c1-8-22(2)30(39(5)29(42)21-37-34-35-17-13-18-36-34)27(45-6)20-28(41)40-19-12-16-26(40)32(46-7)23(3)33(44)38-24(4)31(43)25-14-10-9-11-15-25/h9-11,13-15,17-18,22-24,26-27,30-32,43H,8,12,16,19-21H2,1-7H3,(H,38,44)(H,35,36,37)/t22-,23+,24+,26-,27+,30-,31+,32+/m0/s1. The third-order valence-corrected chi connectivity index (χ3v) is 9.25. The lowest BCUT2D eigenvalue weighted by Crippen LogP contribution is -2.54. The molecule has 46 heavy (non-hydrogen) atoms. The number of hydrogen-bond acceptors (Lipinski definition) is 9. The normalized spacial score (nSPS) is 19.3. The number of methoxy groups -OCH3 is 2. The van der Waals surface area contributed by atoms with E-state index in [4.69, 9.17) is 9.47 Å². The summed E-state index contributed by atoms with van der Waals surface area (Å²) in [5, 5.41) is 16.7. The molecule has 0 bridgehead atoms. The number of likely N-dealkylation sites (tertiary alicyclic amines) is 1. The van der Waals surface area contributed by atoms with Crippen LogP contribution in [0.4, 0.5) is 5.95 Å². The van der Waals surface area contributed by atoms with Gasteiger partial charge in [-0.2, -0.15) is 0 Å². The van der Waals surface area contributed by atoms with Crippen LogP contribution in [0.25, 0.3) is 0 Å². The van der Waals surface area contributed by atoms with E-state index in [2.05, 4.69) is 20.6 Å². The number of nitrogens with one attached hydrogen (secondary N) is 2. The fraction of sp³-hybridized carbons (Fsp3) is 0.618. The molecule has 12 nitrogen and oxygen atoms in total. The van der Waals surface area contributed by atoms with Gasteiger partial charge in [0.2, 0.25) is 23.7 Å². The summed E-state index contributed by atoms with van der Waals surface area (Å²) in [6, 6.07) is 9.72. The van der Waals surface area contributed by atoms with Gasteiger partial charge in [0.1, 0.15) is 0 Å². The topological polar surface area (TPSA) is 146 Å². The molecule has 3 N–H and O–H groups in total. The molecular weight excluding hydrogens is 588 g/mol. The number of ether oxygens (including phenoxy) is 2. The SMILES string of the molecule is CC[C@H](C)[C@@H]([C@@H](CC(=O)N1CCC[C@H]1[C@H](OC)[C@@H](C)C(=O)N[C@H](C)[C@@H](O)c1ccccc1)OC)N(C)C(=O)CNc1ncccn1. The second kappa shape index (κ2) is 17.9. The molecule has 0 spiro atoms. The summed E-state index contributed by atoms with van der Waals surface area (Å²) < 4.78 is 11.8. The number of hydrogen-bond donors (Lipinski definition) is 3. The number of amides is 3. The predicted molar refractivity (Wildman–Crippen MR) is 176 cm³/mol. The molecule has 1 aliphatic rings. The summed E-state index contributed by atoms with van der Waals surface area (Å²) in [6.07, 6.45) is 3.58. The van der Waals surface area contributed by atoms with Crippen molar-refractivity contribution < 1.29 is 29.0 Å². The van der Waals surface area contributed by atoms with Crippen LogP contribution in [0.15, 0.2) is 48.8 Å². The Morgan fingerprint density at radius 2 is 1.74 bits per heavy atom. The third-order valence-electron chi connectivity index (χ3n) is 9.25. The Balaban J connectivity index is 1.68. The van der Waals surface area contributed by atoms with E-state index >= 15 is 0 Å². The molecule has 2 aromatic rings. The molecule has 3 amide bonds. The summed E-state index contributed by atoms with van der Waals surface area (Å²) in [7, 11) is 4.86. The molecule has 1 aromatic heterocycles. The van der Waals surface area contributed by atoms with Gasteiger partial charge in [0, 0.05) is 40.2 Å². The van der Waals surface area contributed by atoms with E-state index in [1.165, 1.54) is 0 Å². The average molecular weight is 641 g/mol. The minimum absolute atomic E-state index is 0.00247. The second-order valence-electron chi connectivity index (χ2n) is 12.2. The molecule has 1 aliphatic heterocycles. The van der Waals surface area contributed by atoms with Gasteiger partial charge in [-0.15, -0.1) is 0 Å². The maximum atomic E-state index is 13.9. The van der Waals surface area contributed by atoms with Gasteiger partial charge in [-0.25, -0.2) is 9.97 Å². The molecule has 12 heteroatoms. The number of carbonyl (C=O) groups is 3. The molecule has 2 heterocycles. The molecule has 0 saturated carbocycles. The summed E-state index contributed by atoms with van der Waals surface area (Å²) in [4.78, 5) is 52.2. The molecule has 3 rings (SSSR count). The highest BCUT2D eigenvalue weighted by Crippen LogP contribution is 2.29. The van der Waals surface area contributed by atoms with E-state index in [0.717, 1.165) is 18.4 Å². The zero-order chi connectivity index (χ0) is 33.8. The van der Waals surface area contributed by atoms with Crippen molar-refractivity contribution in [1.82, 2.24) is 25.1 Å². The fourth-order valence-corrected chi connectivity index (χ4v) is 6.37. The quantitative estimate of drug-likeness (QED) is 0.238. The number of nitrogens with zero attached hydrogens (tertiary/aromatic N) is 4. The van der Waals surface area contributed by atoms with E-state index in [1.807, 2.05) is 44.2 Å². The van der Waals surface area contributed by atoms with Crippen LogP contribution < -0.4 is 10.6 Å². The first-order chi connectivity index (χ1) is 22.0. The van der Waals surface area contributed by atoms with Crippen LogP contribution in [0.5, 0.6) is 0 Å². The van der Waals surface area contributed by atoms with Gasteiger partial charge in [0.05, 0.1) is 55.3 Å². The van der Waals surface area contributed by atoms with Crippen LogP contribution in [0.1, 0.15) is 65.0 Å². The second-order valence-corrected chi connectivity index (χ2v) is 12.2. The Hall–Kier alpha value is -3.61.